The van der Waals surface area contributed by atoms with Gasteiger partial charge in [0.15, 0.2) is 0 Å². The van der Waals surface area contributed by atoms with Crippen LogP contribution in [0.1, 0.15) is 79.9 Å². The van der Waals surface area contributed by atoms with E-state index in [-0.39, 0.29) is 65.7 Å². The number of aliphatic carboxylic acids is 1. The van der Waals surface area contributed by atoms with Crippen LogP contribution in [0.2, 0.25) is 0 Å². The van der Waals surface area contributed by atoms with Crippen LogP contribution < -0.4 is 40.0 Å². The predicted molar refractivity (Wildman–Crippen MR) is 146 cm³/mol. The van der Waals surface area contributed by atoms with Crippen LogP contribution in [0.25, 0.3) is 0 Å². The van der Waals surface area contributed by atoms with Crippen molar-refractivity contribution in [2.45, 2.75) is 77.2 Å². The van der Waals surface area contributed by atoms with Crippen LogP contribution in [0, 0.1) is 11.8 Å². The Labute approximate surface area is 266 Å². The Bertz CT molecular complexity index is 1320. The summed E-state index contributed by atoms with van der Waals surface area (Å²) in [7, 11) is 0. The van der Waals surface area contributed by atoms with Gasteiger partial charge in [0.25, 0.3) is 11.8 Å². The molecule has 1 atom stereocenters. The number of halogens is 3. The summed E-state index contributed by atoms with van der Waals surface area (Å²) in [4.78, 5) is 43.4. The average Bonchev–Trinajstić information content (AvgIpc) is 3.19. The summed E-state index contributed by atoms with van der Waals surface area (Å²) in [5.74, 6) is -1.05. The number of amides is 2. The number of nitrogens with one attached hydrogen (secondary N) is 1. The first-order valence-corrected chi connectivity index (χ1v) is 14.0. The van der Waals surface area contributed by atoms with Crippen molar-refractivity contribution in [3.63, 3.8) is 0 Å². The molecule has 1 aliphatic heterocycles. The van der Waals surface area contributed by atoms with Crippen LogP contribution >= 0.6 is 0 Å². The minimum absolute atomic E-state index is 0. The molecule has 1 saturated carbocycles. The molecule has 42 heavy (non-hydrogen) atoms. The number of carbonyl (C=O) groups is 3. The van der Waals surface area contributed by atoms with Crippen LogP contribution in [0.4, 0.5) is 13.2 Å². The van der Waals surface area contributed by atoms with Crippen molar-refractivity contribution in [2.24, 2.45) is 16.8 Å². The van der Waals surface area contributed by atoms with Gasteiger partial charge in [0.2, 0.25) is 0 Å². The summed E-state index contributed by atoms with van der Waals surface area (Å²) in [6.45, 7) is 6.23. The monoisotopic (exact) mass is 593 g/mol. The molecule has 1 N–H and O–H groups in total. The fourth-order valence-electron chi connectivity index (χ4n) is 5.98. The number of carboxylic acids is 1. The van der Waals surface area contributed by atoms with Gasteiger partial charge in [-0.15, -0.1) is 0 Å². The van der Waals surface area contributed by atoms with Gasteiger partial charge < -0.3 is 20.1 Å². The number of benzene rings is 2. The molecule has 2 amide bonds. The molecule has 2 aromatic rings. The first kappa shape index (κ1) is 33.8. The van der Waals surface area contributed by atoms with E-state index >= 15 is 0 Å². The molecule has 2 aliphatic rings. The maximum absolute atomic E-state index is 13.9. The number of hydrogen-bond acceptors (Lipinski definition) is 5. The molecule has 1 fully saturated rings. The Hall–Kier alpha value is -2.69. The third-order valence-corrected chi connectivity index (χ3v) is 8.23. The third-order valence-electron chi connectivity index (χ3n) is 8.23. The van der Waals surface area contributed by atoms with Crippen LogP contribution in [0.5, 0.6) is 0 Å². The molecule has 2 aromatic carbocycles. The quantitative estimate of drug-likeness (QED) is 0.444. The van der Waals surface area contributed by atoms with Crippen LogP contribution in [0.15, 0.2) is 53.5 Å². The number of carbonyl (C=O) groups excluding carboxylic acids is 3. The second-order valence-corrected chi connectivity index (χ2v) is 11.4. The fourth-order valence-corrected chi connectivity index (χ4v) is 5.98. The summed E-state index contributed by atoms with van der Waals surface area (Å²) in [6.07, 6.45) is -1.34. The maximum Gasteiger partial charge on any atom is 1.00 e. The van der Waals surface area contributed by atoms with E-state index in [9.17, 15) is 32.7 Å². The summed E-state index contributed by atoms with van der Waals surface area (Å²) in [6, 6.07) is 11.3. The third kappa shape index (κ3) is 7.63. The van der Waals surface area contributed by atoms with Crippen molar-refractivity contribution >= 4 is 23.5 Å². The number of hydrogen-bond donors (Lipinski definition) is 1. The number of nitrogens with zero attached hydrogens (tertiary/aromatic N) is 2. The summed E-state index contributed by atoms with van der Waals surface area (Å²) >= 11 is 0. The minimum atomic E-state index is -4.53. The normalized spacial score (nSPS) is 21.2. The summed E-state index contributed by atoms with van der Waals surface area (Å²) in [5, 5.41) is 13.1. The van der Waals surface area contributed by atoms with Gasteiger partial charge in [0.05, 0.1) is 5.56 Å². The van der Waals surface area contributed by atoms with E-state index in [2.05, 4.69) is 19.2 Å². The molecule has 4 rings (SSSR count). The van der Waals surface area contributed by atoms with Crippen LogP contribution in [-0.2, 0) is 22.2 Å². The van der Waals surface area contributed by atoms with Crippen LogP contribution in [0.3, 0.4) is 0 Å². The first-order chi connectivity index (χ1) is 19.3. The summed E-state index contributed by atoms with van der Waals surface area (Å²) in [5.41, 5.74) is -0.165. The van der Waals surface area contributed by atoms with E-state index in [1.807, 2.05) is 6.92 Å². The zero-order chi connectivity index (χ0) is 29.9. The van der Waals surface area contributed by atoms with Gasteiger partial charge in [-0.25, -0.2) is 0 Å². The number of rotatable bonds is 9. The number of alkyl halides is 3. The van der Waals surface area contributed by atoms with E-state index in [0.717, 1.165) is 30.5 Å². The smallest absolute Gasteiger partial charge is 0.550 e. The van der Waals surface area contributed by atoms with Gasteiger partial charge >= 0.3 is 35.7 Å². The Kier molecular flexibility index (Phi) is 11.1. The largest absolute Gasteiger partial charge is 1.00 e. The molecule has 220 valence electrons. The predicted octanol–water partition coefficient (Wildman–Crippen LogP) is 1.38. The molecule has 1 unspecified atom stereocenters. The standard InChI is InChI=1S/C31H36F3N3O4.Na/c1-19(2)22-11-14-30(15-12-22)36-27(24-5-4-6-25(18-24)31(32,33)34)29(41)37(30)20(3)17-21-7-9-23(10-8-21)28(40)35-16-13-26(38)39;/h4-10,18-20,22H,11-17H2,1-3H3,(H,35,40)(H,38,39);/q;+1/p-1. The molecule has 11 heteroatoms. The molecule has 7 nitrogen and oxygen atoms in total. The fraction of sp³-hybridized carbons (Fsp3) is 0.484. The topological polar surface area (TPSA) is 102 Å². The van der Waals surface area contributed by atoms with Crippen molar-refractivity contribution in [1.82, 2.24) is 10.2 Å². The second kappa shape index (κ2) is 13.7. The molecular weight excluding hydrogens is 558 g/mol. The molecule has 0 aromatic heterocycles. The van der Waals surface area contributed by atoms with Crippen molar-refractivity contribution in [1.29, 1.82) is 0 Å². The van der Waals surface area contributed by atoms with E-state index in [1.165, 1.54) is 12.1 Å². The number of carboxylic acid groups (broad SMARTS) is 1. The first-order valence-electron chi connectivity index (χ1n) is 14.0. The Morgan fingerprint density at radius 3 is 2.31 bits per heavy atom. The molecule has 0 saturated heterocycles. The van der Waals surface area contributed by atoms with Crippen LogP contribution in [-0.4, -0.2) is 46.6 Å². The summed E-state index contributed by atoms with van der Waals surface area (Å²) < 4.78 is 40.4. The molecule has 1 heterocycles. The van der Waals surface area contributed by atoms with Gasteiger partial charge in [0, 0.05) is 36.1 Å². The molecule has 0 radical (unpaired) electrons. The molecule has 0 bridgehead atoms. The zero-order valence-electron chi connectivity index (χ0n) is 24.5. The van der Waals surface area contributed by atoms with Gasteiger partial charge in [0.1, 0.15) is 11.4 Å². The van der Waals surface area contributed by atoms with E-state index in [0.29, 0.717) is 36.7 Å². The van der Waals surface area contributed by atoms with E-state index in [1.54, 1.807) is 29.2 Å². The van der Waals surface area contributed by atoms with Gasteiger partial charge in [-0.05, 0) is 80.7 Å². The van der Waals surface area contributed by atoms with Crippen molar-refractivity contribution in [3.8, 4) is 0 Å². The number of aliphatic imine (C=N–C) groups is 1. The van der Waals surface area contributed by atoms with E-state index in [4.69, 9.17) is 4.99 Å². The molecule has 1 aliphatic carbocycles. The molecule has 1 spiro atoms. The maximum atomic E-state index is 13.9. The minimum Gasteiger partial charge on any atom is -0.550 e. The van der Waals surface area contributed by atoms with Gasteiger partial charge in [-0.1, -0.05) is 38.1 Å². The zero-order valence-corrected chi connectivity index (χ0v) is 26.5. The Morgan fingerprint density at radius 2 is 1.74 bits per heavy atom. The second-order valence-electron chi connectivity index (χ2n) is 11.4. The van der Waals surface area contributed by atoms with Crippen molar-refractivity contribution < 1.29 is 62.2 Å². The van der Waals surface area contributed by atoms with Crippen molar-refractivity contribution in [2.75, 3.05) is 6.54 Å². The molecular formula is C31H35F3N3NaO4. The van der Waals surface area contributed by atoms with E-state index < -0.39 is 29.3 Å². The Balaban J connectivity index is 0.00000484. The van der Waals surface area contributed by atoms with Gasteiger partial charge in [-0.3, -0.25) is 14.6 Å². The van der Waals surface area contributed by atoms with Crippen molar-refractivity contribution in [3.05, 3.63) is 70.8 Å². The SMILES string of the molecule is CC(C)C1CCC2(CC1)N=C(c1cccc(C(F)(F)F)c1)C(=O)N2C(C)Cc1ccc(C(=O)NCCC(=O)[O-])cc1.[Na+]. The van der Waals surface area contributed by atoms with Gasteiger partial charge in [-0.2, -0.15) is 13.2 Å². The average molecular weight is 594 g/mol. The Morgan fingerprint density at radius 1 is 1.10 bits per heavy atom.